The molecule has 14 heteroatoms. The molecule has 0 aliphatic heterocycles. The number of urea groups is 1. The molecule has 36 heavy (non-hydrogen) atoms. The smallest absolute Gasteiger partial charge is 0.336 e. The molecule has 0 fully saturated rings. The van der Waals surface area contributed by atoms with Crippen LogP contribution in [0.1, 0.15) is 38.8 Å². The van der Waals surface area contributed by atoms with Crippen molar-refractivity contribution in [1.29, 1.82) is 0 Å². The Bertz CT molecular complexity index is 1370. The van der Waals surface area contributed by atoms with Gasteiger partial charge in [-0.3, -0.25) is 13.9 Å². The minimum absolute atomic E-state index is 0. The number of amides is 3. The van der Waals surface area contributed by atoms with Crippen molar-refractivity contribution in [3.63, 3.8) is 0 Å². The maximum Gasteiger partial charge on any atom is 1.00 e. The van der Waals surface area contributed by atoms with Gasteiger partial charge in [0.15, 0.2) is 0 Å². The van der Waals surface area contributed by atoms with Gasteiger partial charge in [0.05, 0.1) is 0 Å². The van der Waals surface area contributed by atoms with E-state index in [0.717, 1.165) is 12.1 Å². The Balaban J connectivity index is 0.00000648. The minimum Gasteiger partial charge on any atom is -0.336 e. The number of anilines is 2. The minimum atomic E-state index is -4.72. The van der Waals surface area contributed by atoms with E-state index in [-0.39, 0.29) is 69.9 Å². The average molecular weight is 549 g/mol. The van der Waals surface area contributed by atoms with E-state index in [1.165, 1.54) is 36.4 Å². The second-order valence-electron chi connectivity index (χ2n) is 8.19. The first-order chi connectivity index (χ1) is 16.1. The Hall–Kier alpha value is -2.26. The van der Waals surface area contributed by atoms with Gasteiger partial charge < -0.3 is 16.0 Å². The summed E-state index contributed by atoms with van der Waals surface area (Å²) >= 11 is 0. The molecule has 11 nitrogen and oxygen atoms in total. The van der Waals surface area contributed by atoms with E-state index in [4.69, 9.17) is 0 Å². The monoisotopic (exact) mass is 548 g/mol. The summed E-state index contributed by atoms with van der Waals surface area (Å²) in [6.45, 7) is 6.78. The number of hydrogen-bond donors (Lipinski definition) is 5. The SMILES string of the molecule is CC(C)NC(=O)Nc1ccc(/C=C/c2ccc(NC(=O)C(C)C)cc2S(=O)(=O)O)c(S(=O)(=O)O)c1.[Na+]. The number of carbonyl (C=O) groups is 2. The molecule has 0 saturated heterocycles. The fourth-order valence-corrected chi connectivity index (χ4v) is 4.26. The van der Waals surface area contributed by atoms with Crippen LogP contribution in [0.4, 0.5) is 16.2 Å². The van der Waals surface area contributed by atoms with Crippen molar-refractivity contribution in [2.45, 2.75) is 43.5 Å². The molecule has 5 N–H and O–H groups in total. The first-order valence-electron chi connectivity index (χ1n) is 10.4. The maximum absolute atomic E-state index is 11.9. The van der Waals surface area contributed by atoms with Gasteiger partial charge >= 0.3 is 35.6 Å². The summed E-state index contributed by atoms with van der Waals surface area (Å²) in [5, 5.41) is 7.55. The number of hydrogen-bond acceptors (Lipinski definition) is 6. The molecule has 0 aliphatic rings. The van der Waals surface area contributed by atoms with E-state index in [0.29, 0.717) is 0 Å². The van der Waals surface area contributed by atoms with Gasteiger partial charge in [0.25, 0.3) is 20.2 Å². The van der Waals surface area contributed by atoms with E-state index in [2.05, 4.69) is 16.0 Å². The van der Waals surface area contributed by atoms with Crippen LogP contribution in [-0.4, -0.2) is 43.9 Å². The van der Waals surface area contributed by atoms with Crippen LogP contribution in [0.2, 0.25) is 0 Å². The van der Waals surface area contributed by atoms with Crippen LogP contribution in [0.25, 0.3) is 12.2 Å². The predicted octanol–water partition coefficient (Wildman–Crippen LogP) is 0.479. The summed E-state index contributed by atoms with van der Waals surface area (Å²) in [6.07, 6.45) is 2.44. The third-order valence-electron chi connectivity index (χ3n) is 4.49. The number of benzene rings is 2. The van der Waals surface area contributed by atoms with Crippen molar-refractivity contribution in [2.75, 3.05) is 10.6 Å². The van der Waals surface area contributed by atoms with Crippen molar-refractivity contribution >= 4 is 55.7 Å². The molecule has 2 aromatic carbocycles. The normalized spacial score (nSPS) is 11.9. The molecule has 0 spiro atoms. The third kappa shape index (κ3) is 9.32. The first-order valence-corrected chi connectivity index (χ1v) is 13.3. The molecule has 3 amide bonds. The van der Waals surface area contributed by atoms with Gasteiger partial charge in [-0.2, -0.15) is 16.8 Å². The molecular formula is C22H27N3NaO8S2+. The molecule has 0 aromatic heterocycles. The van der Waals surface area contributed by atoms with Crippen molar-refractivity contribution in [1.82, 2.24) is 5.32 Å². The first kappa shape index (κ1) is 31.8. The molecule has 2 aromatic rings. The molecule has 0 heterocycles. The zero-order valence-electron chi connectivity index (χ0n) is 20.4. The molecule has 0 bridgehead atoms. The van der Waals surface area contributed by atoms with E-state index in [1.807, 2.05) is 0 Å². The molecule has 0 atom stereocenters. The summed E-state index contributed by atoms with van der Waals surface area (Å²) in [7, 11) is -9.43. The van der Waals surface area contributed by atoms with Gasteiger partial charge in [0.2, 0.25) is 5.91 Å². The zero-order chi connectivity index (χ0) is 26.6. The summed E-state index contributed by atoms with van der Waals surface area (Å²) in [6, 6.07) is 6.79. The van der Waals surface area contributed by atoms with Crippen LogP contribution in [0, 0.1) is 5.92 Å². The van der Waals surface area contributed by atoms with E-state index >= 15 is 0 Å². The van der Waals surface area contributed by atoms with Crippen LogP contribution >= 0.6 is 0 Å². The number of carbonyl (C=O) groups excluding carboxylic acids is 2. The summed E-state index contributed by atoms with van der Waals surface area (Å²) in [5.74, 6) is -0.723. The fourth-order valence-electron chi connectivity index (χ4n) is 2.84. The van der Waals surface area contributed by atoms with Crippen LogP contribution in [-0.2, 0) is 25.0 Å². The van der Waals surface area contributed by atoms with E-state index in [9.17, 15) is 35.5 Å². The Kier molecular flexibility index (Phi) is 11.3. The Morgan fingerprint density at radius 3 is 1.56 bits per heavy atom. The van der Waals surface area contributed by atoms with Crippen LogP contribution in [0.5, 0.6) is 0 Å². The quantitative estimate of drug-likeness (QED) is 0.180. The zero-order valence-corrected chi connectivity index (χ0v) is 24.1. The van der Waals surface area contributed by atoms with Crippen molar-refractivity contribution in [3.8, 4) is 0 Å². The van der Waals surface area contributed by atoms with Crippen LogP contribution < -0.4 is 45.5 Å². The molecule has 2 rings (SSSR count). The van der Waals surface area contributed by atoms with E-state index < -0.39 is 36.1 Å². The second-order valence-corrected chi connectivity index (χ2v) is 11.0. The van der Waals surface area contributed by atoms with Gasteiger partial charge in [-0.05, 0) is 49.2 Å². The molecule has 0 aliphatic carbocycles. The molecular weight excluding hydrogens is 521 g/mol. The van der Waals surface area contributed by atoms with Gasteiger partial charge in [0, 0.05) is 23.3 Å². The van der Waals surface area contributed by atoms with Gasteiger partial charge in [-0.25, -0.2) is 4.79 Å². The molecule has 190 valence electrons. The van der Waals surface area contributed by atoms with Crippen molar-refractivity contribution < 1.29 is 65.1 Å². The van der Waals surface area contributed by atoms with Gasteiger partial charge in [-0.15, -0.1) is 0 Å². The van der Waals surface area contributed by atoms with Crippen LogP contribution in [0.3, 0.4) is 0 Å². The maximum atomic E-state index is 11.9. The van der Waals surface area contributed by atoms with E-state index in [1.54, 1.807) is 27.7 Å². The third-order valence-corrected chi connectivity index (χ3v) is 6.31. The van der Waals surface area contributed by atoms with Gasteiger partial charge in [-0.1, -0.05) is 38.1 Å². The second kappa shape index (κ2) is 12.8. The molecule has 0 unspecified atom stereocenters. The Morgan fingerprint density at radius 1 is 0.778 bits per heavy atom. The largest absolute Gasteiger partial charge is 1.00 e. The summed E-state index contributed by atoms with van der Waals surface area (Å²) < 4.78 is 67.0. The Labute approximate surface area is 232 Å². The standard InChI is InChI=1S/C22H27N3O8S2.Na/c1-13(2)21(26)24-17-9-7-15(19(11-17)34(28,29)30)5-6-16-8-10-18(12-20(16)35(31,32)33)25-22(27)23-14(3)4;/h5-14H,1-4H3,(H,24,26)(H2,23,25,27)(H,28,29,30)(H,31,32,33);/q;+1/b6-5+;. The molecule has 0 radical (unpaired) electrons. The van der Waals surface area contributed by atoms with Crippen LogP contribution in [0.15, 0.2) is 46.2 Å². The number of nitrogens with one attached hydrogen (secondary N) is 3. The topological polar surface area (TPSA) is 179 Å². The Morgan fingerprint density at radius 2 is 1.19 bits per heavy atom. The molecule has 0 saturated carbocycles. The summed E-state index contributed by atoms with van der Waals surface area (Å²) in [5.41, 5.74) is 0.217. The van der Waals surface area contributed by atoms with Crippen molar-refractivity contribution in [2.24, 2.45) is 5.92 Å². The number of rotatable bonds is 8. The fraction of sp³-hybridized carbons (Fsp3) is 0.273. The van der Waals surface area contributed by atoms with Crippen molar-refractivity contribution in [3.05, 3.63) is 47.5 Å². The summed E-state index contributed by atoms with van der Waals surface area (Å²) in [4.78, 5) is 22.7. The predicted molar refractivity (Wildman–Crippen MR) is 132 cm³/mol. The van der Waals surface area contributed by atoms with Gasteiger partial charge in [0.1, 0.15) is 9.79 Å². The average Bonchev–Trinajstić information content (AvgIpc) is 2.71.